The molecule has 0 aliphatic rings. The van der Waals surface area contributed by atoms with Gasteiger partial charge in [-0.3, -0.25) is 9.59 Å². The summed E-state index contributed by atoms with van der Waals surface area (Å²) in [6.07, 6.45) is 24.8. The normalized spacial score (nSPS) is 12.3. The second-order valence-electron chi connectivity index (χ2n) is 8.54. The number of carboxylic acid groups (broad SMARTS) is 1. The van der Waals surface area contributed by atoms with E-state index >= 15 is 0 Å². The van der Waals surface area contributed by atoms with Crippen LogP contribution in [0.25, 0.3) is 0 Å². The molecule has 0 aliphatic heterocycles. The predicted molar refractivity (Wildman–Crippen MR) is 126 cm³/mol. The van der Waals surface area contributed by atoms with E-state index in [1.165, 1.54) is 83.5 Å². The fourth-order valence-electron chi connectivity index (χ4n) is 3.65. The van der Waals surface area contributed by atoms with Crippen molar-refractivity contribution in [2.45, 2.75) is 129 Å². The van der Waals surface area contributed by atoms with E-state index in [1.54, 1.807) is 0 Å². The van der Waals surface area contributed by atoms with Crippen LogP contribution in [0, 0.1) is 5.92 Å². The molecule has 0 radical (unpaired) electrons. The molecular weight excluding hydrogens is 376 g/mol. The number of carbonyl (C=O) groups is 2. The second-order valence-corrected chi connectivity index (χ2v) is 8.54. The third-order valence-electron chi connectivity index (χ3n) is 5.52. The molecular formula is C26H48O4. The summed E-state index contributed by atoms with van der Waals surface area (Å²) in [4.78, 5) is 22.9. The number of ether oxygens (including phenoxy) is 1. The van der Waals surface area contributed by atoms with E-state index in [0.29, 0.717) is 13.0 Å². The van der Waals surface area contributed by atoms with Crippen molar-refractivity contribution in [3.05, 3.63) is 12.2 Å². The largest absolute Gasteiger partial charge is 0.481 e. The van der Waals surface area contributed by atoms with Gasteiger partial charge in [-0.25, -0.2) is 0 Å². The van der Waals surface area contributed by atoms with E-state index in [1.807, 2.05) is 6.92 Å². The van der Waals surface area contributed by atoms with Crippen LogP contribution in [-0.2, 0) is 14.3 Å². The van der Waals surface area contributed by atoms with E-state index in [4.69, 9.17) is 9.84 Å². The first-order valence-corrected chi connectivity index (χ1v) is 12.6. The summed E-state index contributed by atoms with van der Waals surface area (Å²) in [5.74, 6) is -1.75. The maximum Gasteiger partial charge on any atom is 0.309 e. The van der Waals surface area contributed by atoms with Crippen LogP contribution in [0.2, 0.25) is 0 Å². The lowest BCUT2D eigenvalue weighted by Gasteiger charge is -2.13. The molecule has 0 aromatic carbocycles. The summed E-state index contributed by atoms with van der Waals surface area (Å²) in [7, 11) is 0. The number of hydrogen-bond acceptors (Lipinski definition) is 3. The zero-order valence-corrected chi connectivity index (χ0v) is 19.8. The maximum atomic E-state index is 12.0. The average Bonchev–Trinajstić information content (AvgIpc) is 2.73. The molecule has 0 aromatic rings. The van der Waals surface area contributed by atoms with Crippen molar-refractivity contribution >= 4 is 11.9 Å². The number of aliphatic carboxylic acids is 1. The van der Waals surface area contributed by atoms with Gasteiger partial charge in [-0.2, -0.15) is 0 Å². The fraction of sp³-hybridized carbons (Fsp3) is 0.846. The number of carbonyl (C=O) groups excluding carboxylic acids is 1. The van der Waals surface area contributed by atoms with Crippen LogP contribution >= 0.6 is 0 Å². The summed E-state index contributed by atoms with van der Waals surface area (Å²) in [6.45, 7) is 4.57. The Balaban J connectivity index is 3.51. The predicted octanol–water partition coefficient (Wildman–Crippen LogP) is 7.85. The van der Waals surface area contributed by atoms with Gasteiger partial charge in [0.25, 0.3) is 0 Å². The molecule has 0 bridgehead atoms. The summed E-state index contributed by atoms with van der Waals surface area (Å²) >= 11 is 0. The van der Waals surface area contributed by atoms with Gasteiger partial charge in [-0.05, 0) is 38.5 Å². The first-order chi connectivity index (χ1) is 14.6. The quantitative estimate of drug-likeness (QED) is 0.109. The number of rotatable bonds is 22. The summed E-state index contributed by atoms with van der Waals surface area (Å²) in [6, 6.07) is 0. The van der Waals surface area contributed by atoms with Crippen molar-refractivity contribution in [3.8, 4) is 0 Å². The Morgan fingerprint density at radius 3 is 1.73 bits per heavy atom. The zero-order valence-electron chi connectivity index (χ0n) is 19.8. The lowest BCUT2D eigenvalue weighted by Crippen LogP contribution is -2.21. The molecule has 30 heavy (non-hydrogen) atoms. The molecule has 0 aliphatic carbocycles. The number of hydrogen-bond donors (Lipinski definition) is 1. The van der Waals surface area contributed by atoms with Gasteiger partial charge in [0.2, 0.25) is 0 Å². The minimum Gasteiger partial charge on any atom is -0.481 e. The summed E-state index contributed by atoms with van der Waals surface area (Å²) in [5.41, 5.74) is 0. The molecule has 176 valence electrons. The molecule has 1 unspecified atom stereocenters. The number of esters is 1. The number of allylic oxidation sites excluding steroid dienone is 2. The van der Waals surface area contributed by atoms with Gasteiger partial charge in [0.05, 0.1) is 18.9 Å². The second kappa shape index (κ2) is 22.4. The third-order valence-corrected chi connectivity index (χ3v) is 5.52. The molecule has 0 rings (SSSR count). The fourth-order valence-corrected chi connectivity index (χ4v) is 3.65. The Bertz CT molecular complexity index is 431. The number of unbranched alkanes of at least 4 members (excludes halogenated alkanes) is 13. The topological polar surface area (TPSA) is 63.6 Å². The zero-order chi connectivity index (χ0) is 22.3. The van der Waals surface area contributed by atoms with Crippen LogP contribution in [0.3, 0.4) is 0 Å². The Kier molecular flexibility index (Phi) is 21.4. The van der Waals surface area contributed by atoms with Crippen molar-refractivity contribution in [1.29, 1.82) is 0 Å². The highest BCUT2D eigenvalue weighted by Gasteiger charge is 2.22. The van der Waals surface area contributed by atoms with Crippen molar-refractivity contribution in [1.82, 2.24) is 0 Å². The van der Waals surface area contributed by atoms with Gasteiger partial charge < -0.3 is 9.84 Å². The molecule has 0 heterocycles. The molecule has 1 N–H and O–H groups in total. The Labute approximate surface area is 185 Å². The number of carboxylic acids is 1. The van der Waals surface area contributed by atoms with Gasteiger partial charge in [0.15, 0.2) is 0 Å². The van der Waals surface area contributed by atoms with Crippen LogP contribution in [-0.4, -0.2) is 23.7 Å². The monoisotopic (exact) mass is 424 g/mol. The van der Waals surface area contributed by atoms with Crippen LogP contribution in [0.5, 0.6) is 0 Å². The first kappa shape index (κ1) is 28.7. The molecule has 0 saturated carbocycles. The van der Waals surface area contributed by atoms with Crippen molar-refractivity contribution in [3.63, 3.8) is 0 Å². The van der Waals surface area contributed by atoms with E-state index in [0.717, 1.165) is 19.3 Å². The molecule has 0 saturated heterocycles. The van der Waals surface area contributed by atoms with E-state index < -0.39 is 11.9 Å². The lowest BCUT2D eigenvalue weighted by atomic mass is 9.97. The van der Waals surface area contributed by atoms with Gasteiger partial charge in [-0.15, -0.1) is 0 Å². The molecule has 4 heteroatoms. The van der Waals surface area contributed by atoms with Crippen LogP contribution in [0.15, 0.2) is 12.2 Å². The van der Waals surface area contributed by atoms with Crippen LogP contribution in [0.1, 0.15) is 129 Å². The smallest absolute Gasteiger partial charge is 0.309 e. The summed E-state index contributed by atoms with van der Waals surface area (Å²) in [5, 5.41) is 8.99. The highest BCUT2D eigenvalue weighted by Crippen LogP contribution is 2.18. The van der Waals surface area contributed by atoms with Gasteiger partial charge in [-0.1, -0.05) is 96.6 Å². The molecule has 0 amide bonds. The van der Waals surface area contributed by atoms with Crippen molar-refractivity contribution in [2.24, 2.45) is 5.92 Å². The van der Waals surface area contributed by atoms with E-state index in [2.05, 4.69) is 19.1 Å². The summed E-state index contributed by atoms with van der Waals surface area (Å²) < 4.78 is 5.13. The Morgan fingerprint density at radius 2 is 1.23 bits per heavy atom. The Hall–Kier alpha value is -1.32. The van der Waals surface area contributed by atoms with Gasteiger partial charge in [0.1, 0.15) is 0 Å². The van der Waals surface area contributed by atoms with Gasteiger partial charge >= 0.3 is 11.9 Å². The third kappa shape index (κ3) is 20.0. The lowest BCUT2D eigenvalue weighted by molar-refractivity contribution is -0.153. The van der Waals surface area contributed by atoms with Crippen LogP contribution < -0.4 is 0 Å². The van der Waals surface area contributed by atoms with Crippen LogP contribution in [0.4, 0.5) is 0 Å². The standard InChI is InChI=1S/C26H48O4/c1-3-5-6-7-8-9-10-11-12-13-14-15-16-17-18-19-20-21-24(23-25(27)28)26(29)30-22-4-2/h9-10,24H,3-8,11-23H2,1-2H3,(H,27,28)/b10-9+. The SMILES string of the molecule is CCCCCC/C=C/CCCCCCCCCCCC(CC(=O)O)C(=O)OCCC. The minimum atomic E-state index is -0.920. The minimum absolute atomic E-state index is 0.114. The Morgan fingerprint density at radius 1 is 0.733 bits per heavy atom. The average molecular weight is 425 g/mol. The highest BCUT2D eigenvalue weighted by atomic mass is 16.5. The maximum absolute atomic E-state index is 12.0. The molecule has 0 fully saturated rings. The van der Waals surface area contributed by atoms with Crippen molar-refractivity contribution < 1.29 is 19.4 Å². The van der Waals surface area contributed by atoms with Crippen molar-refractivity contribution in [2.75, 3.05) is 6.61 Å². The molecule has 0 spiro atoms. The highest BCUT2D eigenvalue weighted by molar-refractivity contribution is 5.79. The molecule has 4 nitrogen and oxygen atoms in total. The molecule has 0 aromatic heterocycles. The van der Waals surface area contributed by atoms with E-state index in [-0.39, 0.29) is 12.4 Å². The first-order valence-electron chi connectivity index (χ1n) is 12.6. The van der Waals surface area contributed by atoms with Gasteiger partial charge in [0, 0.05) is 0 Å². The molecule has 1 atom stereocenters. The van der Waals surface area contributed by atoms with E-state index in [9.17, 15) is 9.59 Å².